The fourth-order valence-corrected chi connectivity index (χ4v) is 1.42. The van der Waals surface area contributed by atoms with Gasteiger partial charge in [-0.15, -0.1) is 0 Å². The SMILES string of the molecule is CC(C)Oc1ncccc1NCc1ncc[nH]1. The number of rotatable bonds is 5. The Balaban J connectivity index is 2.04. The summed E-state index contributed by atoms with van der Waals surface area (Å²) >= 11 is 0. The first-order valence-corrected chi connectivity index (χ1v) is 5.59. The third-order valence-corrected chi connectivity index (χ3v) is 2.12. The Morgan fingerprint density at radius 3 is 2.94 bits per heavy atom. The van der Waals surface area contributed by atoms with Gasteiger partial charge in [-0.05, 0) is 26.0 Å². The number of nitrogens with zero attached hydrogens (tertiary/aromatic N) is 2. The van der Waals surface area contributed by atoms with Crippen LogP contribution in [0.3, 0.4) is 0 Å². The van der Waals surface area contributed by atoms with E-state index in [2.05, 4.69) is 20.3 Å². The molecule has 0 aliphatic heterocycles. The Hall–Kier alpha value is -2.04. The van der Waals surface area contributed by atoms with Crippen LogP contribution in [-0.4, -0.2) is 21.1 Å². The van der Waals surface area contributed by atoms with E-state index >= 15 is 0 Å². The molecule has 17 heavy (non-hydrogen) atoms. The van der Waals surface area contributed by atoms with Gasteiger partial charge < -0.3 is 15.0 Å². The van der Waals surface area contributed by atoms with E-state index in [-0.39, 0.29) is 6.10 Å². The number of hydrogen-bond acceptors (Lipinski definition) is 4. The topological polar surface area (TPSA) is 62.8 Å². The molecule has 5 heteroatoms. The second-order valence-electron chi connectivity index (χ2n) is 3.91. The highest BCUT2D eigenvalue weighted by atomic mass is 16.5. The van der Waals surface area contributed by atoms with E-state index in [1.165, 1.54) is 0 Å². The summed E-state index contributed by atoms with van der Waals surface area (Å²) in [6.45, 7) is 4.57. The van der Waals surface area contributed by atoms with Crippen LogP contribution in [0.5, 0.6) is 5.88 Å². The van der Waals surface area contributed by atoms with Crippen molar-refractivity contribution in [1.29, 1.82) is 0 Å². The monoisotopic (exact) mass is 232 g/mol. The van der Waals surface area contributed by atoms with E-state index in [1.54, 1.807) is 18.6 Å². The van der Waals surface area contributed by atoms with Gasteiger partial charge in [0.25, 0.3) is 0 Å². The molecule has 2 heterocycles. The highest BCUT2D eigenvalue weighted by Gasteiger charge is 2.06. The molecule has 0 saturated carbocycles. The second kappa shape index (κ2) is 5.34. The predicted molar refractivity (Wildman–Crippen MR) is 65.9 cm³/mol. The van der Waals surface area contributed by atoms with Crippen LogP contribution >= 0.6 is 0 Å². The van der Waals surface area contributed by atoms with E-state index in [1.807, 2.05) is 26.0 Å². The zero-order valence-electron chi connectivity index (χ0n) is 9.97. The van der Waals surface area contributed by atoms with Crippen molar-refractivity contribution >= 4 is 5.69 Å². The van der Waals surface area contributed by atoms with E-state index in [4.69, 9.17) is 4.74 Å². The van der Waals surface area contributed by atoms with Gasteiger partial charge in [0.05, 0.1) is 18.3 Å². The number of imidazole rings is 1. The Morgan fingerprint density at radius 1 is 1.35 bits per heavy atom. The molecule has 0 aromatic carbocycles. The number of ether oxygens (including phenoxy) is 1. The smallest absolute Gasteiger partial charge is 0.237 e. The molecule has 0 unspecified atom stereocenters. The summed E-state index contributed by atoms with van der Waals surface area (Å²) in [5.41, 5.74) is 0.873. The van der Waals surface area contributed by atoms with Crippen LogP contribution in [0.1, 0.15) is 19.7 Å². The molecule has 0 spiro atoms. The van der Waals surface area contributed by atoms with Crippen LogP contribution < -0.4 is 10.1 Å². The van der Waals surface area contributed by atoms with Crippen molar-refractivity contribution in [3.63, 3.8) is 0 Å². The Labute approximate surface area is 100 Å². The molecule has 0 radical (unpaired) electrons. The van der Waals surface area contributed by atoms with Crippen molar-refractivity contribution in [1.82, 2.24) is 15.0 Å². The van der Waals surface area contributed by atoms with Gasteiger partial charge in [-0.1, -0.05) is 0 Å². The molecule has 90 valence electrons. The van der Waals surface area contributed by atoms with Crippen molar-refractivity contribution in [3.8, 4) is 5.88 Å². The normalized spacial score (nSPS) is 10.5. The van der Waals surface area contributed by atoms with Gasteiger partial charge >= 0.3 is 0 Å². The summed E-state index contributed by atoms with van der Waals surface area (Å²) in [6, 6.07) is 3.81. The lowest BCUT2D eigenvalue weighted by molar-refractivity contribution is 0.234. The maximum Gasteiger partial charge on any atom is 0.237 e. The van der Waals surface area contributed by atoms with E-state index < -0.39 is 0 Å². The molecule has 0 aliphatic carbocycles. The standard InChI is InChI=1S/C12H16N4O/c1-9(2)17-12-10(4-3-5-15-12)16-8-11-13-6-7-14-11/h3-7,9,16H,8H2,1-2H3,(H,13,14). The van der Waals surface area contributed by atoms with Crippen LogP contribution in [0.4, 0.5) is 5.69 Å². The predicted octanol–water partition coefficient (Wildman–Crippen LogP) is 2.20. The van der Waals surface area contributed by atoms with Gasteiger partial charge in [0.15, 0.2) is 0 Å². The number of anilines is 1. The maximum absolute atomic E-state index is 5.61. The van der Waals surface area contributed by atoms with Crippen molar-refractivity contribution in [3.05, 3.63) is 36.5 Å². The number of H-pyrrole nitrogens is 1. The highest BCUT2D eigenvalue weighted by Crippen LogP contribution is 2.21. The van der Waals surface area contributed by atoms with Crippen molar-refractivity contribution in [2.75, 3.05) is 5.32 Å². The first-order chi connectivity index (χ1) is 8.25. The van der Waals surface area contributed by atoms with Gasteiger partial charge in [0.1, 0.15) is 5.82 Å². The lowest BCUT2D eigenvalue weighted by Crippen LogP contribution is -2.10. The lowest BCUT2D eigenvalue weighted by atomic mass is 10.4. The largest absolute Gasteiger partial charge is 0.473 e. The van der Waals surface area contributed by atoms with Gasteiger partial charge in [-0.25, -0.2) is 9.97 Å². The molecule has 2 N–H and O–H groups in total. The van der Waals surface area contributed by atoms with Crippen LogP contribution in [0.25, 0.3) is 0 Å². The van der Waals surface area contributed by atoms with Crippen LogP contribution in [0.2, 0.25) is 0 Å². The lowest BCUT2D eigenvalue weighted by Gasteiger charge is -2.13. The zero-order chi connectivity index (χ0) is 12.1. The molecule has 0 amide bonds. The first-order valence-electron chi connectivity index (χ1n) is 5.59. The minimum absolute atomic E-state index is 0.106. The number of aromatic amines is 1. The molecule has 2 rings (SSSR count). The average Bonchev–Trinajstić information content (AvgIpc) is 2.80. The van der Waals surface area contributed by atoms with E-state index in [9.17, 15) is 0 Å². The third-order valence-electron chi connectivity index (χ3n) is 2.12. The van der Waals surface area contributed by atoms with Gasteiger partial charge in [-0.3, -0.25) is 0 Å². The summed E-state index contributed by atoms with van der Waals surface area (Å²) < 4.78 is 5.61. The molecule has 0 fully saturated rings. The minimum Gasteiger partial charge on any atom is -0.473 e. The number of aromatic nitrogens is 3. The fraction of sp³-hybridized carbons (Fsp3) is 0.333. The van der Waals surface area contributed by atoms with Gasteiger partial charge in [0.2, 0.25) is 5.88 Å². The van der Waals surface area contributed by atoms with Gasteiger partial charge in [0, 0.05) is 18.6 Å². The molecular weight excluding hydrogens is 216 g/mol. The van der Waals surface area contributed by atoms with E-state index in [0.717, 1.165) is 11.5 Å². The van der Waals surface area contributed by atoms with Crippen molar-refractivity contribution in [2.45, 2.75) is 26.5 Å². The summed E-state index contributed by atoms with van der Waals surface area (Å²) in [5, 5.41) is 3.24. The molecule has 2 aromatic rings. The van der Waals surface area contributed by atoms with Crippen molar-refractivity contribution in [2.24, 2.45) is 0 Å². The summed E-state index contributed by atoms with van der Waals surface area (Å²) in [4.78, 5) is 11.4. The Morgan fingerprint density at radius 2 is 2.24 bits per heavy atom. The molecule has 0 bridgehead atoms. The molecule has 0 aliphatic rings. The Bertz CT molecular complexity index is 453. The first kappa shape index (κ1) is 11.4. The van der Waals surface area contributed by atoms with Gasteiger partial charge in [-0.2, -0.15) is 0 Å². The zero-order valence-corrected chi connectivity index (χ0v) is 9.97. The molecular formula is C12H16N4O. The maximum atomic E-state index is 5.61. The second-order valence-corrected chi connectivity index (χ2v) is 3.91. The minimum atomic E-state index is 0.106. The molecule has 2 aromatic heterocycles. The fourth-order valence-electron chi connectivity index (χ4n) is 1.42. The van der Waals surface area contributed by atoms with Crippen LogP contribution in [-0.2, 0) is 6.54 Å². The number of nitrogens with one attached hydrogen (secondary N) is 2. The number of hydrogen-bond donors (Lipinski definition) is 2. The average molecular weight is 232 g/mol. The van der Waals surface area contributed by atoms with E-state index in [0.29, 0.717) is 12.4 Å². The molecule has 0 atom stereocenters. The number of pyridine rings is 1. The molecule has 0 saturated heterocycles. The Kier molecular flexibility index (Phi) is 3.59. The van der Waals surface area contributed by atoms with Crippen molar-refractivity contribution < 1.29 is 4.74 Å². The summed E-state index contributed by atoms with van der Waals surface area (Å²) in [6.07, 6.45) is 5.35. The van der Waals surface area contributed by atoms with Crippen LogP contribution in [0, 0.1) is 0 Å². The summed E-state index contributed by atoms with van der Waals surface area (Å²) in [5.74, 6) is 1.50. The third kappa shape index (κ3) is 3.21. The summed E-state index contributed by atoms with van der Waals surface area (Å²) in [7, 11) is 0. The highest BCUT2D eigenvalue weighted by molar-refractivity contribution is 5.52. The van der Waals surface area contributed by atoms with Crippen LogP contribution in [0.15, 0.2) is 30.7 Å². The quantitative estimate of drug-likeness (QED) is 0.829. The molecule has 5 nitrogen and oxygen atoms in total.